The summed E-state index contributed by atoms with van der Waals surface area (Å²) < 4.78 is 10.9. The van der Waals surface area contributed by atoms with Gasteiger partial charge in [0.1, 0.15) is 0 Å². The molecule has 5 nitrogen and oxygen atoms in total. The lowest BCUT2D eigenvalue weighted by atomic mass is 10.1. The van der Waals surface area contributed by atoms with Crippen LogP contribution in [0.4, 0.5) is 0 Å². The fourth-order valence-electron chi connectivity index (χ4n) is 2.49. The predicted molar refractivity (Wildman–Crippen MR) is 102 cm³/mol. The van der Waals surface area contributed by atoms with E-state index in [2.05, 4.69) is 34.7 Å². The summed E-state index contributed by atoms with van der Waals surface area (Å²) in [5, 5.41) is 6.67. The minimum atomic E-state index is 0.604. The maximum absolute atomic E-state index is 5.62. The van der Waals surface area contributed by atoms with E-state index >= 15 is 0 Å². The molecule has 5 heteroatoms. The Labute approximate surface area is 150 Å². The summed E-state index contributed by atoms with van der Waals surface area (Å²) in [5.41, 5.74) is 3.62. The average Bonchev–Trinajstić information content (AvgIpc) is 2.63. The first-order valence-electron chi connectivity index (χ1n) is 8.46. The number of benzene rings is 2. The maximum Gasteiger partial charge on any atom is 0.191 e. The molecule has 2 aromatic rings. The zero-order valence-corrected chi connectivity index (χ0v) is 15.4. The van der Waals surface area contributed by atoms with Crippen LogP contribution < -0.4 is 20.1 Å². The van der Waals surface area contributed by atoms with Crippen LogP contribution in [-0.2, 0) is 13.1 Å². The fourth-order valence-corrected chi connectivity index (χ4v) is 2.49. The zero-order chi connectivity index (χ0) is 18.1. The molecule has 0 aliphatic rings. The zero-order valence-electron chi connectivity index (χ0n) is 15.4. The quantitative estimate of drug-likeness (QED) is 0.599. The topological polar surface area (TPSA) is 54.9 Å². The summed E-state index contributed by atoms with van der Waals surface area (Å²) in [4.78, 5) is 4.28. The minimum Gasteiger partial charge on any atom is -0.493 e. The molecule has 134 valence electrons. The van der Waals surface area contributed by atoms with Gasteiger partial charge in [-0.05, 0) is 42.7 Å². The van der Waals surface area contributed by atoms with Gasteiger partial charge in [0.2, 0.25) is 0 Å². The summed E-state index contributed by atoms with van der Waals surface area (Å²) >= 11 is 0. The molecular weight excluding hydrogens is 314 g/mol. The molecule has 0 atom stereocenters. The van der Waals surface area contributed by atoms with Crippen LogP contribution in [0.2, 0.25) is 0 Å². The van der Waals surface area contributed by atoms with Gasteiger partial charge >= 0.3 is 0 Å². The molecule has 0 bridgehead atoms. The standard InChI is InChI=1S/C20H27N3O2/c1-5-25-19-12-16(10-11-18(19)24-4)13-22-20(21-3)23-14-17-9-7-6-8-15(17)2/h6-12H,5,13-14H2,1-4H3,(H2,21,22,23). The number of nitrogens with zero attached hydrogens (tertiary/aromatic N) is 1. The van der Waals surface area contributed by atoms with E-state index in [1.54, 1.807) is 14.2 Å². The molecule has 0 radical (unpaired) electrons. The number of aryl methyl sites for hydroxylation is 1. The third-order valence-corrected chi connectivity index (χ3v) is 3.92. The molecule has 2 aromatic carbocycles. The molecule has 0 heterocycles. The highest BCUT2D eigenvalue weighted by atomic mass is 16.5. The highest BCUT2D eigenvalue weighted by Crippen LogP contribution is 2.27. The molecule has 0 fully saturated rings. The third kappa shape index (κ3) is 5.41. The van der Waals surface area contributed by atoms with Crippen molar-refractivity contribution in [2.24, 2.45) is 4.99 Å². The van der Waals surface area contributed by atoms with Crippen LogP contribution in [0.1, 0.15) is 23.6 Å². The van der Waals surface area contributed by atoms with E-state index in [0.29, 0.717) is 13.2 Å². The van der Waals surface area contributed by atoms with Crippen molar-refractivity contribution in [3.05, 3.63) is 59.2 Å². The Morgan fingerprint density at radius 3 is 2.48 bits per heavy atom. The number of hydrogen-bond donors (Lipinski definition) is 2. The normalized spacial score (nSPS) is 11.1. The number of aliphatic imine (C=N–C) groups is 1. The smallest absolute Gasteiger partial charge is 0.191 e. The lowest BCUT2D eigenvalue weighted by molar-refractivity contribution is 0.310. The molecule has 0 aromatic heterocycles. The maximum atomic E-state index is 5.62. The van der Waals surface area contributed by atoms with Gasteiger partial charge in [-0.25, -0.2) is 0 Å². The fraction of sp³-hybridized carbons (Fsp3) is 0.350. The van der Waals surface area contributed by atoms with E-state index in [4.69, 9.17) is 9.47 Å². The molecule has 0 amide bonds. The Balaban J connectivity index is 1.94. The molecule has 0 saturated carbocycles. The number of nitrogens with one attached hydrogen (secondary N) is 2. The van der Waals surface area contributed by atoms with Gasteiger partial charge < -0.3 is 20.1 Å². The first kappa shape index (κ1) is 18.6. The molecule has 0 aliphatic heterocycles. The van der Waals surface area contributed by atoms with Crippen LogP contribution in [0.25, 0.3) is 0 Å². The Kier molecular flexibility index (Phi) is 7.14. The van der Waals surface area contributed by atoms with E-state index in [9.17, 15) is 0 Å². The van der Waals surface area contributed by atoms with Crippen molar-refractivity contribution < 1.29 is 9.47 Å². The highest BCUT2D eigenvalue weighted by molar-refractivity contribution is 5.79. The Hall–Kier alpha value is -2.69. The van der Waals surface area contributed by atoms with Gasteiger partial charge in [0.05, 0.1) is 13.7 Å². The number of guanidine groups is 1. The SMILES string of the molecule is CCOc1cc(CNC(=NC)NCc2ccccc2C)ccc1OC. The second-order valence-corrected chi connectivity index (χ2v) is 5.62. The number of hydrogen-bond acceptors (Lipinski definition) is 3. The van der Waals surface area contributed by atoms with Crippen LogP contribution in [0, 0.1) is 6.92 Å². The molecule has 0 unspecified atom stereocenters. The number of ether oxygens (including phenoxy) is 2. The second-order valence-electron chi connectivity index (χ2n) is 5.62. The van der Waals surface area contributed by atoms with Crippen LogP contribution in [-0.4, -0.2) is 26.7 Å². The van der Waals surface area contributed by atoms with Gasteiger partial charge in [0.25, 0.3) is 0 Å². The third-order valence-electron chi connectivity index (χ3n) is 3.92. The van der Waals surface area contributed by atoms with Crippen molar-refractivity contribution in [1.29, 1.82) is 0 Å². The van der Waals surface area contributed by atoms with E-state index in [0.717, 1.165) is 29.6 Å². The summed E-state index contributed by atoms with van der Waals surface area (Å²) in [6.45, 7) is 6.06. The Bertz CT molecular complexity index is 714. The minimum absolute atomic E-state index is 0.604. The summed E-state index contributed by atoms with van der Waals surface area (Å²) in [6.07, 6.45) is 0. The molecular formula is C20H27N3O2. The summed E-state index contributed by atoms with van der Waals surface area (Å²) in [6, 6.07) is 14.3. The lowest BCUT2D eigenvalue weighted by Crippen LogP contribution is -2.36. The molecule has 0 saturated heterocycles. The first-order valence-corrected chi connectivity index (χ1v) is 8.46. The van der Waals surface area contributed by atoms with Crippen LogP contribution in [0.5, 0.6) is 11.5 Å². The van der Waals surface area contributed by atoms with Crippen LogP contribution in [0.15, 0.2) is 47.5 Å². The van der Waals surface area contributed by atoms with Gasteiger partial charge in [0.15, 0.2) is 17.5 Å². The van der Waals surface area contributed by atoms with E-state index in [1.165, 1.54) is 11.1 Å². The van der Waals surface area contributed by atoms with Crippen molar-refractivity contribution in [3.63, 3.8) is 0 Å². The van der Waals surface area contributed by atoms with Gasteiger partial charge in [0, 0.05) is 20.1 Å². The first-order chi connectivity index (χ1) is 12.2. The van der Waals surface area contributed by atoms with E-state index < -0.39 is 0 Å². The van der Waals surface area contributed by atoms with Crippen molar-refractivity contribution in [3.8, 4) is 11.5 Å². The van der Waals surface area contributed by atoms with Gasteiger partial charge in [-0.15, -0.1) is 0 Å². The second kappa shape index (κ2) is 9.57. The Morgan fingerprint density at radius 2 is 1.80 bits per heavy atom. The Morgan fingerprint density at radius 1 is 1.04 bits per heavy atom. The van der Waals surface area contributed by atoms with Crippen molar-refractivity contribution in [1.82, 2.24) is 10.6 Å². The molecule has 2 N–H and O–H groups in total. The molecule has 0 aliphatic carbocycles. The highest BCUT2D eigenvalue weighted by Gasteiger charge is 2.06. The lowest BCUT2D eigenvalue weighted by Gasteiger charge is -2.14. The van der Waals surface area contributed by atoms with Gasteiger partial charge in [-0.1, -0.05) is 30.3 Å². The summed E-state index contributed by atoms with van der Waals surface area (Å²) in [7, 11) is 3.42. The van der Waals surface area contributed by atoms with Crippen LogP contribution >= 0.6 is 0 Å². The van der Waals surface area contributed by atoms with E-state index in [-0.39, 0.29) is 0 Å². The average molecular weight is 341 g/mol. The molecule has 0 spiro atoms. The van der Waals surface area contributed by atoms with Crippen molar-refractivity contribution in [2.75, 3.05) is 20.8 Å². The van der Waals surface area contributed by atoms with Gasteiger partial charge in [-0.3, -0.25) is 4.99 Å². The number of rotatable bonds is 7. The largest absolute Gasteiger partial charge is 0.493 e. The van der Waals surface area contributed by atoms with Crippen molar-refractivity contribution in [2.45, 2.75) is 26.9 Å². The van der Waals surface area contributed by atoms with E-state index in [1.807, 2.05) is 37.3 Å². The van der Waals surface area contributed by atoms with Crippen LogP contribution in [0.3, 0.4) is 0 Å². The van der Waals surface area contributed by atoms with Gasteiger partial charge in [-0.2, -0.15) is 0 Å². The monoisotopic (exact) mass is 341 g/mol. The number of methoxy groups -OCH3 is 1. The molecule has 25 heavy (non-hydrogen) atoms. The molecule has 2 rings (SSSR count). The van der Waals surface area contributed by atoms with Crippen molar-refractivity contribution >= 4 is 5.96 Å². The summed E-state index contributed by atoms with van der Waals surface area (Å²) in [5.74, 6) is 2.26. The predicted octanol–water partition coefficient (Wildman–Crippen LogP) is 3.27.